The highest BCUT2D eigenvalue weighted by atomic mass is 32.2. The molecule has 84 valence electrons. The van der Waals surface area contributed by atoms with Crippen molar-refractivity contribution in [2.75, 3.05) is 6.26 Å². The number of nitrogens with zero attached hydrogens (tertiary/aromatic N) is 2. The van der Waals surface area contributed by atoms with Gasteiger partial charge >= 0.3 is 0 Å². The summed E-state index contributed by atoms with van der Waals surface area (Å²) in [7, 11) is 0. The molecule has 0 bridgehead atoms. The molecule has 3 rings (SSSR count). The summed E-state index contributed by atoms with van der Waals surface area (Å²) in [5, 5.41) is 0.985. The SMILES string of the molecule is CSc1ccc(-c2nc3ccccc3s2)nc1. The minimum absolute atomic E-state index is 0.948. The number of hydrogen-bond donors (Lipinski definition) is 0. The molecule has 0 saturated heterocycles. The van der Waals surface area contributed by atoms with Crippen LogP contribution < -0.4 is 0 Å². The van der Waals surface area contributed by atoms with Crippen molar-refractivity contribution in [2.24, 2.45) is 0 Å². The summed E-state index contributed by atoms with van der Waals surface area (Å²) in [6, 6.07) is 12.3. The van der Waals surface area contributed by atoms with E-state index in [-0.39, 0.29) is 0 Å². The maximum atomic E-state index is 4.59. The first-order chi connectivity index (χ1) is 8.36. The van der Waals surface area contributed by atoms with Gasteiger partial charge in [0.2, 0.25) is 0 Å². The lowest BCUT2D eigenvalue weighted by atomic mass is 10.3. The fourth-order valence-electron chi connectivity index (χ4n) is 1.61. The molecule has 0 N–H and O–H groups in total. The molecule has 0 radical (unpaired) electrons. The maximum absolute atomic E-state index is 4.59. The van der Waals surface area contributed by atoms with E-state index in [4.69, 9.17) is 0 Å². The maximum Gasteiger partial charge on any atom is 0.143 e. The normalized spacial score (nSPS) is 10.9. The molecule has 0 saturated carbocycles. The highest BCUT2D eigenvalue weighted by Gasteiger charge is 2.06. The molecule has 0 spiro atoms. The van der Waals surface area contributed by atoms with Crippen LogP contribution in [0.5, 0.6) is 0 Å². The number of fused-ring (bicyclic) bond motifs is 1. The second-order valence-electron chi connectivity index (χ2n) is 3.57. The van der Waals surface area contributed by atoms with Crippen LogP contribution in [0.3, 0.4) is 0 Å². The number of hydrogen-bond acceptors (Lipinski definition) is 4. The largest absolute Gasteiger partial charge is 0.253 e. The van der Waals surface area contributed by atoms with Gasteiger partial charge in [-0.05, 0) is 30.5 Å². The third-order valence-electron chi connectivity index (χ3n) is 2.49. The molecule has 2 heterocycles. The first-order valence-electron chi connectivity index (χ1n) is 5.23. The zero-order valence-corrected chi connectivity index (χ0v) is 10.9. The van der Waals surface area contributed by atoms with E-state index in [1.54, 1.807) is 23.1 Å². The summed E-state index contributed by atoms with van der Waals surface area (Å²) in [5.74, 6) is 0. The van der Waals surface area contributed by atoms with Gasteiger partial charge in [-0.25, -0.2) is 4.98 Å². The minimum Gasteiger partial charge on any atom is -0.253 e. The van der Waals surface area contributed by atoms with Crippen molar-refractivity contribution in [2.45, 2.75) is 4.90 Å². The van der Waals surface area contributed by atoms with Crippen LogP contribution in [0.2, 0.25) is 0 Å². The Morgan fingerprint density at radius 3 is 2.71 bits per heavy atom. The Labute approximate surface area is 108 Å². The average molecular weight is 258 g/mol. The summed E-state index contributed by atoms with van der Waals surface area (Å²) >= 11 is 3.38. The Morgan fingerprint density at radius 1 is 1.12 bits per heavy atom. The first kappa shape index (κ1) is 10.7. The lowest BCUT2D eigenvalue weighted by molar-refractivity contribution is 1.23. The minimum atomic E-state index is 0.948. The van der Waals surface area contributed by atoms with E-state index in [2.05, 4.69) is 22.1 Å². The molecule has 3 aromatic rings. The van der Waals surface area contributed by atoms with Crippen molar-refractivity contribution in [3.63, 3.8) is 0 Å². The molecular formula is C13H10N2S2. The van der Waals surface area contributed by atoms with E-state index >= 15 is 0 Å². The molecule has 1 aromatic carbocycles. The van der Waals surface area contributed by atoms with E-state index in [0.29, 0.717) is 0 Å². The third kappa shape index (κ3) is 2.06. The fraction of sp³-hybridized carbons (Fsp3) is 0.0769. The monoisotopic (exact) mass is 258 g/mol. The molecule has 0 aliphatic heterocycles. The molecule has 0 fully saturated rings. The van der Waals surface area contributed by atoms with Crippen LogP contribution in [0.15, 0.2) is 47.5 Å². The Bertz CT molecular complexity index is 611. The summed E-state index contributed by atoms with van der Waals surface area (Å²) in [4.78, 5) is 10.2. The van der Waals surface area contributed by atoms with Gasteiger partial charge < -0.3 is 0 Å². The Kier molecular flexibility index (Phi) is 2.82. The van der Waals surface area contributed by atoms with Crippen LogP contribution in [0.25, 0.3) is 20.9 Å². The van der Waals surface area contributed by atoms with Crippen molar-refractivity contribution in [3.05, 3.63) is 42.6 Å². The highest BCUT2D eigenvalue weighted by Crippen LogP contribution is 2.29. The topological polar surface area (TPSA) is 25.8 Å². The molecule has 0 atom stereocenters. The van der Waals surface area contributed by atoms with E-state index < -0.39 is 0 Å². The summed E-state index contributed by atoms with van der Waals surface area (Å²) in [6.07, 6.45) is 3.94. The lowest BCUT2D eigenvalue weighted by Gasteiger charge is -1.96. The molecule has 17 heavy (non-hydrogen) atoms. The second kappa shape index (κ2) is 4.47. The van der Waals surface area contributed by atoms with Gasteiger partial charge in [-0.15, -0.1) is 23.1 Å². The standard InChI is InChI=1S/C13H10N2S2/c1-16-9-6-7-11(14-8-9)13-15-10-4-2-3-5-12(10)17-13/h2-8H,1H3. The average Bonchev–Trinajstić information content (AvgIpc) is 2.82. The van der Waals surface area contributed by atoms with E-state index in [0.717, 1.165) is 16.2 Å². The van der Waals surface area contributed by atoms with Crippen LogP contribution in [0.1, 0.15) is 0 Å². The zero-order valence-electron chi connectivity index (χ0n) is 9.25. The van der Waals surface area contributed by atoms with Crippen molar-refractivity contribution in [3.8, 4) is 10.7 Å². The van der Waals surface area contributed by atoms with Crippen LogP contribution in [-0.2, 0) is 0 Å². The van der Waals surface area contributed by atoms with Gasteiger partial charge in [-0.1, -0.05) is 12.1 Å². The van der Waals surface area contributed by atoms with Gasteiger partial charge in [0.15, 0.2) is 0 Å². The van der Waals surface area contributed by atoms with Crippen molar-refractivity contribution in [1.82, 2.24) is 9.97 Å². The number of benzene rings is 1. The van der Waals surface area contributed by atoms with Crippen molar-refractivity contribution < 1.29 is 0 Å². The predicted molar refractivity (Wildman–Crippen MR) is 74.6 cm³/mol. The van der Waals surface area contributed by atoms with Gasteiger partial charge in [-0.3, -0.25) is 4.98 Å². The molecule has 2 aromatic heterocycles. The number of rotatable bonds is 2. The number of thiazole rings is 1. The molecule has 0 amide bonds. The Hall–Kier alpha value is -1.39. The third-order valence-corrected chi connectivity index (χ3v) is 4.26. The number of para-hydroxylation sites is 1. The number of thioether (sulfide) groups is 1. The van der Waals surface area contributed by atoms with E-state index in [1.165, 1.54) is 9.60 Å². The quantitative estimate of drug-likeness (QED) is 0.648. The van der Waals surface area contributed by atoms with Crippen LogP contribution in [0.4, 0.5) is 0 Å². The Morgan fingerprint density at radius 2 is 2.00 bits per heavy atom. The smallest absolute Gasteiger partial charge is 0.143 e. The summed E-state index contributed by atoms with van der Waals surface area (Å²) < 4.78 is 1.21. The van der Waals surface area contributed by atoms with Crippen LogP contribution in [0, 0.1) is 0 Å². The number of pyridine rings is 1. The van der Waals surface area contributed by atoms with Gasteiger partial charge in [0.1, 0.15) is 5.01 Å². The highest BCUT2D eigenvalue weighted by molar-refractivity contribution is 7.98. The second-order valence-corrected chi connectivity index (χ2v) is 5.48. The molecular weight excluding hydrogens is 248 g/mol. The van der Waals surface area contributed by atoms with Gasteiger partial charge in [0, 0.05) is 11.1 Å². The summed E-state index contributed by atoms with van der Waals surface area (Å²) in [6.45, 7) is 0. The summed E-state index contributed by atoms with van der Waals surface area (Å²) in [5.41, 5.74) is 1.99. The molecule has 0 aliphatic rings. The molecule has 4 heteroatoms. The van der Waals surface area contributed by atoms with Gasteiger partial charge in [-0.2, -0.15) is 0 Å². The Balaban J connectivity index is 2.07. The zero-order chi connectivity index (χ0) is 11.7. The van der Waals surface area contributed by atoms with Crippen molar-refractivity contribution in [1.29, 1.82) is 0 Å². The predicted octanol–water partition coefficient (Wildman–Crippen LogP) is 4.08. The molecule has 2 nitrogen and oxygen atoms in total. The van der Waals surface area contributed by atoms with E-state index in [1.807, 2.05) is 36.7 Å². The fourth-order valence-corrected chi connectivity index (χ4v) is 2.91. The van der Waals surface area contributed by atoms with Gasteiger partial charge in [0.05, 0.1) is 15.9 Å². The molecule has 0 aliphatic carbocycles. The van der Waals surface area contributed by atoms with Gasteiger partial charge in [0.25, 0.3) is 0 Å². The van der Waals surface area contributed by atoms with E-state index in [9.17, 15) is 0 Å². The first-order valence-corrected chi connectivity index (χ1v) is 7.27. The van der Waals surface area contributed by atoms with Crippen LogP contribution >= 0.6 is 23.1 Å². The lowest BCUT2D eigenvalue weighted by Crippen LogP contribution is -1.81. The van der Waals surface area contributed by atoms with Crippen molar-refractivity contribution >= 4 is 33.3 Å². The molecule has 0 unspecified atom stereocenters. The van der Waals surface area contributed by atoms with Crippen LogP contribution in [-0.4, -0.2) is 16.2 Å². The number of aromatic nitrogens is 2.